The molecule has 7 nitrogen and oxygen atoms in total. The molecule has 0 aliphatic carbocycles. The molecule has 0 radical (unpaired) electrons. The highest BCUT2D eigenvalue weighted by atomic mass is 16.5. The highest BCUT2D eigenvalue weighted by molar-refractivity contribution is 6.01. The van der Waals surface area contributed by atoms with E-state index in [9.17, 15) is 4.79 Å². The van der Waals surface area contributed by atoms with Crippen LogP contribution in [0.15, 0.2) is 52.9 Å². The van der Waals surface area contributed by atoms with Gasteiger partial charge in [0.2, 0.25) is 5.89 Å². The van der Waals surface area contributed by atoms with E-state index in [1.807, 2.05) is 19.9 Å². The maximum Gasteiger partial charge on any atom is 0.313 e. The lowest BCUT2D eigenvalue weighted by molar-refractivity contribution is 0.0990. The van der Waals surface area contributed by atoms with E-state index < -0.39 is 5.91 Å². The van der Waals surface area contributed by atoms with Crippen molar-refractivity contribution in [3.8, 4) is 23.0 Å². The molecule has 1 N–H and O–H groups in total. The second-order valence-corrected chi connectivity index (χ2v) is 5.76. The van der Waals surface area contributed by atoms with Crippen LogP contribution in [0.4, 0.5) is 5.69 Å². The van der Waals surface area contributed by atoms with E-state index in [1.165, 1.54) is 0 Å². The number of methoxy groups -OCH3 is 1. The Balaban J connectivity index is 1.79. The molecule has 3 rings (SSSR count). The molecular formula is C19H19N3O4. The first-order chi connectivity index (χ1) is 12.6. The number of para-hydroxylation sites is 2. The Morgan fingerprint density at radius 3 is 2.69 bits per heavy atom. The van der Waals surface area contributed by atoms with E-state index in [2.05, 4.69) is 15.5 Å². The summed E-state index contributed by atoms with van der Waals surface area (Å²) < 4.78 is 16.4. The number of amides is 1. The lowest BCUT2D eigenvalue weighted by Gasteiger charge is -2.13. The van der Waals surface area contributed by atoms with Crippen LogP contribution in [-0.4, -0.2) is 29.3 Å². The third-order valence-electron chi connectivity index (χ3n) is 3.43. The van der Waals surface area contributed by atoms with Crippen molar-refractivity contribution in [2.24, 2.45) is 0 Å². The van der Waals surface area contributed by atoms with Crippen LogP contribution in [0.2, 0.25) is 0 Å². The molecule has 0 aliphatic heterocycles. The Morgan fingerprint density at radius 2 is 1.92 bits per heavy atom. The topological polar surface area (TPSA) is 86.5 Å². The summed E-state index contributed by atoms with van der Waals surface area (Å²) in [7, 11) is 1.57. The van der Waals surface area contributed by atoms with E-state index >= 15 is 0 Å². The first kappa shape index (κ1) is 17.5. The van der Waals surface area contributed by atoms with Gasteiger partial charge in [-0.1, -0.05) is 18.2 Å². The van der Waals surface area contributed by atoms with Crippen LogP contribution in [0.25, 0.3) is 11.5 Å². The molecule has 1 heterocycles. The monoisotopic (exact) mass is 353 g/mol. The third-order valence-corrected chi connectivity index (χ3v) is 3.43. The van der Waals surface area contributed by atoms with Crippen molar-refractivity contribution in [2.45, 2.75) is 20.0 Å². The standard InChI is InChI=1S/C19H19N3O4/c1-12(2)25-16-10-5-4-9-15(16)20-17(23)19-22-21-18(26-19)13-7-6-8-14(11-13)24-3/h4-12H,1-3H3,(H,20,23). The number of carbonyl (C=O) groups excluding carboxylic acids is 1. The minimum Gasteiger partial charge on any atom is -0.497 e. The van der Waals surface area contributed by atoms with Crippen LogP contribution in [-0.2, 0) is 0 Å². The van der Waals surface area contributed by atoms with Crippen molar-refractivity contribution < 1.29 is 18.7 Å². The van der Waals surface area contributed by atoms with Crippen LogP contribution in [0.3, 0.4) is 0 Å². The van der Waals surface area contributed by atoms with Gasteiger partial charge in [0.05, 0.1) is 18.9 Å². The lowest BCUT2D eigenvalue weighted by atomic mass is 10.2. The summed E-state index contributed by atoms with van der Waals surface area (Å²) >= 11 is 0. The van der Waals surface area contributed by atoms with Gasteiger partial charge in [-0.15, -0.1) is 10.2 Å². The zero-order valence-corrected chi connectivity index (χ0v) is 14.7. The Morgan fingerprint density at radius 1 is 1.12 bits per heavy atom. The largest absolute Gasteiger partial charge is 0.497 e. The van der Waals surface area contributed by atoms with Gasteiger partial charge in [0.1, 0.15) is 11.5 Å². The number of hydrogen-bond donors (Lipinski definition) is 1. The molecule has 0 saturated carbocycles. The molecule has 1 amide bonds. The first-order valence-electron chi connectivity index (χ1n) is 8.12. The van der Waals surface area contributed by atoms with Gasteiger partial charge >= 0.3 is 11.8 Å². The normalized spacial score (nSPS) is 10.6. The van der Waals surface area contributed by atoms with Gasteiger partial charge in [-0.2, -0.15) is 0 Å². The number of nitrogens with zero attached hydrogens (tertiary/aromatic N) is 2. The summed E-state index contributed by atoms with van der Waals surface area (Å²) in [6.07, 6.45) is -0.0175. The molecule has 2 aromatic carbocycles. The molecule has 0 aliphatic rings. The minimum atomic E-state index is -0.508. The highest BCUT2D eigenvalue weighted by Gasteiger charge is 2.18. The van der Waals surface area contributed by atoms with Crippen LogP contribution in [0.1, 0.15) is 24.5 Å². The predicted molar refractivity (Wildman–Crippen MR) is 96.4 cm³/mol. The summed E-state index contributed by atoms with van der Waals surface area (Å²) in [5, 5.41) is 10.5. The molecule has 7 heteroatoms. The average Bonchev–Trinajstić information content (AvgIpc) is 3.13. The number of rotatable bonds is 6. The van der Waals surface area contributed by atoms with Crippen molar-refractivity contribution in [2.75, 3.05) is 12.4 Å². The van der Waals surface area contributed by atoms with Gasteiger partial charge in [-0.25, -0.2) is 0 Å². The van der Waals surface area contributed by atoms with Crippen LogP contribution in [0, 0.1) is 0 Å². The quantitative estimate of drug-likeness (QED) is 0.726. The van der Waals surface area contributed by atoms with E-state index in [0.717, 1.165) is 0 Å². The molecule has 0 spiro atoms. The smallest absolute Gasteiger partial charge is 0.313 e. The minimum absolute atomic E-state index is 0.0175. The molecule has 0 saturated heterocycles. The van der Waals surface area contributed by atoms with Gasteiger partial charge in [0.25, 0.3) is 0 Å². The highest BCUT2D eigenvalue weighted by Crippen LogP contribution is 2.26. The van der Waals surface area contributed by atoms with E-state index in [0.29, 0.717) is 22.7 Å². The van der Waals surface area contributed by atoms with Crippen molar-refractivity contribution in [1.29, 1.82) is 0 Å². The van der Waals surface area contributed by atoms with E-state index in [4.69, 9.17) is 13.9 Å². The van der Waals surface area contributed by atoms with Gasteiger partial charge in [0.15, 0.2) is 0 Å². The number of anilines is 1. The molecule has 26 heavy (non-hydrogen) atoms. The van der Waals surface area contributed by atoms with Gasteiger partial charge in [-0.3, -0.25) is 4.79 Å². The number of ether oxygens (including phenoxy) is 2. The summed E-state index contributed by atoms with van der Waals surface area (Å²) in [4.78, 5) is 12.4. The lowest BCUT2D eigenvalue weighted by Crippen LogP contribution is -2.14. The molecule has 0 atom stereocenters. The molecule has 0 unspecified atom stereocenters. The molecule has 134 valence electrons. The van der Waals surface area contributed by atoms with Crippen molar-refractivity contribution in [1.82, 2.24) is 10.2 Å². The van der Waals surface area contributed by atoms with Gasteiger partial charge in [-0.05, 0) is 44.2 Å². The second-order valence-electron chi connectivity index (χ2n) is 5.76. The Kier molecular flexibility index (Phi) is 5.17. The average molecular weight is 353 g/mol. The summed E-state index contributed by atoms with van der Waals surface area (Å²) in [6, 6.07) is 14.3. The maximum absolute atomic E-state index is 12.4. The number of carbonyl (C=O) groups is 1. The Labute approximate surface area is 151 Å². The zero-order chi connectivity index (χ0) is 18.5. The molecule has 1 aromatic heterocycles. The molecule has 0 bridgehead atoms. The predicted octanol–water partition coefficient (Wildman–Crippen LogP) is 3.78. The van der Waals surface area contributed by atoms with Crippen LogP contribution in [0.5, 0.6) is 11.5 Å². The van der Waals surface area contributed by atoms with Crippen molar-refractivity contribution >= 4 is 11.6 Å². The van der Waals surface area contributed by atoms with Crippen LogP contribution < -0.4 is 14.8 Å². The summed E-state index contributed by atoms with van der Waals surface area (Å²) in [5.74, 6) is 0.823. The van der Waals surface area contributed by atoms with Gasteiger partial charge in [0, 0.05) is 5.56 Å². The summed E-state index contributed by atoms with van der Waals surface area (Å²) in [6.45, 7) is 3.83. The molecule has 3 aromatic rings. The maximum atomic E-state index is 12.4. The zero-order valence-electron chi connectivity index (χ0n) is 14.7. The number of nitrogens with one attached hydrogen (secondary N) is 1. The fourth-order valence-electron chi connectivity index (χ4n) is 2.29. The Hall–Kier alpha value is -3.35. The number of hydrogen-bond acceptors (Lipinski definition) is 6. The number of benzene rings is 2. The van der Waals surface area contributed by atoms with Crippen molar-refractivity contribution in [3.05, 3.63) is 54.4 Å². The fourth-order valence-corrected chi connectivity index (χ4v) is 2.29. The van der Waals surface area contributed by atoms with E-state index in [-0.39, 0.29) is 17.9 Å². The third kappa shape index (κ3) is 4.00. The SMILES string of the molecule is COc1cccc(-c2nnc(C(=O)Nc3ccccc3OC(C)C)o2)c1. The molecule has 0 fully saturated rings. The molecular weight excluding hydrogens is 334 g/mol. The second kappa shape index (κ2) is 7.69. The van der Waals surface area contributed by atoms with E-state index in [1.54, 1.807) is 49.6 Å². The van der Waals surface area contributed by atoms with Crippen LogP contribution >= 0.6 is 0 Å². The summed E-state index contributed by atoms with van der Waals surface area (Å²) in [5.41, 5.74) is 1.20. The fraction of sp³-hybridized carbons (Fsp3) is 0.211. The van der Waals surface area contributed by atoms with Crippen molar-refractivity contribution in [3.63, 3.8) is 0 Å². The van der Waals surface area contributed by atoms with Gasteiger partial charge < -0.3 is 19.2 Å². The first-order valence-corrected chi connectivity index (χ1v) is 8.12. The number of aromatic nitrogens is 2. The Bertz CT molecular complexity index is 905.